The van der Waals surface area contributed by atoms with Crippen molar-refractivity contribution in [3.8, 4) is 5.75 Å². The zero-order chi connectivity index (χ0) is 14.4. The van der Waals surface area contributed by atoms with Crippen LogP contribution in [0.2, 0.25) is 0 Å². The van der Waals surface area contributed by atoms with Crippen LogP contribution >= 0.6 is 0 Å². The summed E-state index contributed by atoms with van der Waals surface area (Å²) in [6.07, 6.45) is 5.21. The van der Waals surface area contributed by atoms with Gasteiger partial charge in [0.2, 0.25) is 5.91 Å². The first kappa shape index (κ1) is 14.4. The van der Waals surface area contributed by atoms with Crippen LogP contribution < -0.4 is 15.4 Å². The molecule has 5 nitrogen and oxygen atoms in total. The highest BCUT2D eigenvalue weighted by atomic mass is 16.6. The zero-order valence-electron chi connectivity index (χ0n) is 11.6. The van der Waals surface area contributed by atoms with E-state index in [4.69, 9.17) is 4.74 Å². The number of anilines is 1. The van der Waals surface area contributed by atoms with Gasteiger partial charge in [0.05, 0.1) is 0 Å². The normalized spacial score (nSPS) is 15.4. The number of carbonyl (C=O) groups is 2. The van der Waals surface area contributed by atoms with Gasteiger partial charge in [-0.25, -0.2) is 4.79 Å². The number of nitrogens with one attached hydrogen (secondary N) is 2. The lowest BCUT2D eigenvalue weighted by Crippen LogP contribution is -2.37. The Morgan fingerprint density at radius 1 is 1.10 bits per heavy atom. The number of hydrogen-bond donors (Lipinski definition) is 2. The summed E-state index contributed by atoms with van der Waals surface area (Å²) in [5.74, 6) is 0.334. The molecule has 1 saturated carbocycles. The summed E-state index contributed by atoms with van der Waals surface area (Å²) < 4.78 is 5.21. The van der Waals surface area contributed by atoms with Crippen LogP contribution in [0, 0.1) is 0 Å². The van der Waals surface area contributed by atoms with Gasteiger partial charge in [-0.15, -0.1) is 0 Å². The minimum atomic E-state index is -0.413. The third-order valence-corrected chi connectivity index (χ3v) is 3.31. The summed E-state index contributed by atoms with van der Waals surface area (Å²) in [7, 11) is 0. The Kier molecular flexibility index (Phi) is 4.98. The molecule has 0 bridgehead atoms. The van der Waals surface area contributed by atoms with Crippen molar-refractivity contribution >= 4 is 17.7 Å². The van der Waals surface area contributed by atoms with E-state index in [0.717, 1.165) is 25.7 Å². The summed E-state index contributed by atoms with van der Waals surface area (Å²) in [5.41, 5.74) is 0.678. The molecule has 0 heterocycles. The highest BCUT2D eigenvalue weighted by molar-refractivity contribution is 5.88. The van der Waals surface area contributed by atoms with Crippen LogP contribution in [0.25, 0.3) is 0 Å². The average molecular weight is 276 g/mol. The minimum Gasteiger partial charge on any atom is -0.410 e. The van der Waals surface area contributed by atoms with Crippen molar-refractivity contribution in [2.45, 2.75) is 45.1 Å². The molecule has 0 aromatic heterocycles. The molecule has 0 saturated heterocycles. The third kappa shape index (κ3) is 4.57. The maximum atomic E-state index is 11.7. The summed E-state index contributed by atoms with van der Waals surface area (Å²) in [6.45, 7) is 1.45. The van der Waals surface area contributed by atoms with E-state index >= 15 is 0 Å². The summed E-state index contributed by atoms with van der Waals surface area (Å²) >= 11 is 0. The molecule has 0 radical (unpaired) electrons. The van der Waals surface area contributed by atoms with Gasteiger partial charge in [-0.2, -0.15) is 0 Å². The molecule has 20 heavy (non-hydrogen) atoms. The van der Waals surface area contributed by atoms with Crippen LogP contribution in [0.3, 0.4) is 0 Å². The Hall–Kier alpha value is -2.04. The van der Waals surface area contributed by atoms with Crippen molar-refractivity contribution in [2.75, 3.05) is 5.32 Å². The molecule has 2 N–H and O–H groups in total. The second kappa shape index (κ2) is 6.93. The van der Waals surface area contributed by atoms with Gasteiger partial charge in [0.1, 0.15) is 5.75 Å². The van der Waals surface area contributed by atoms with Crippen molar-refractivity contribution in [1.29, 1.82) is 0 Å². The van der Waals surface area contributed by atoms with Crippen LogP contribution in [0.1, 0.15) is 39.0 Å². The van der Waals surface area contributed by atoms with E-state index in [-0.39, 0.29) is 11.9 Å². The number of carbonyl (C=O) groups excluding carboxylic acids is 2. The molecule has 108 valence electrons. The van der Waals surface area contributed by atoms with E-state index in [1.54, 1.807) is 24.3 Å². The Bertz CT molecular complexity index is 465. The Balaban J connectivity index is 1.82. The summed E-state index contributed by atoms with van der Waals surface area (Å²) in [4.78, 5) is 22.6. The lowest BCUT2D eigenvalue weighted by atomic mass is 9.96. The summed E-state index contributed by atoms with van der Waals surface area (Å²) in [6, 6.07) is 6.95. The van der Waals surface area contributed by atoms with Gasteiger partial charge in [-0.3, -0.25) is 4.79 Å². The fourth-order valence-electron chi connectivity index (χ4n) is 2.36. The van der Waals surface area contributed by atoms with E-state index in [9.17, 15) is 9.59 Å². The van der Waals surface area contributed by atoms with Gasteiger partial charge >= 0.3 is 6.09 Å². The molecule has 0 spiro atoms. The van der Waals surface area contributed by atoms with Crippen LogP contribution in [0.4, 0.5) is 10.5 Å². The molecule has 1 aliphatic carbocycles. The molecule has 1 aromatic carbocycles. The van der Waals surface area contributed by atoms with Crippen molar-refractivity contribution in [3.63, 3.8) is 0 Å². The Labute approximate surface area is 118 Å². The molecule has 2 rings (SSSR count). The molecule has 1 aliphatic rings. The van der Waals surface area contributed by atoms with Gasteiger partial charge < -0.3 is 15.4 Å². The fourth-order valence-corrected chi connectivity index (χ4v) is 2.36. The second-order valence-electron chi connectivity index (χ2n) is 5.07. The predicted octanol–water partition coefficient (Wildman–Crippen LogP) is 3.07. The Morgan fingerprint density at radius 2 is 1.75 bits per heavy atom. The quantitative estimate of drug-likeness (QED) is 0.891. The predicted molar refractivity (Wildman–Crippen MR) is 76.8 cm³/mol. The lowest BCUT2D eigenvalue weighted by Gasteiger charge is -2.22. The second-order valence-corrected chi connectivity index (χ2v) is 5.07. The average Bonchev–Trinajstić information content (AvgIpc) is 2.41. The van der Waals surface area contributed by atoms with Crippen LogP contribution in [0.5, 0.6) is 5.75 Å². The molecular formula is C15H20N2O3. The standard InChI is InChI=1S/C15H20N2O3/c1-11(18)16-13-7-9-14(10-8-13)20-15(19)17-12-5-3-2-4-6-12/h7-10,12H,2-6H2,1H3,(H,16,18)(H,17,19). The monoisotopic (exact) mass is 276 g/mol. The van der Waals surface area contributed by atoms with Crippen LogP contribution in [-0.4, -0.2) is 18.0 Å². The zero-order valence-corrected chi connectivity index (χ0v) is 11.6. The molecule has 0 atom stereocenters. The number of benzene rings is 1. The van der Waals surface area contributed by atoms with E-state index in [1.807, 2.05) is 0 Å². The first-order chi connectivity index (χ1) is 9.63. The van der Waals surface area contributed by atoms with Gasteiger partial charge in [0.15, 0.2) is 0 Å². The molecule has 2 amide bonds. The van der Waals surface area contributed by atoms with Crippen molar-refractivity contribution in [2.24, 2.45) is 0 Å². The molecule has 0 aliphatic heterocycles. The van der Waals surface area contributed by atoms with Crippen molar-refractivity contribution < 1.29 is 14.3 Å². The summed E-state index contributed by atoms with van der Waals surface area (Å²) in [5, 5.41) is 5.54. The highest BCUT2D eigenvalue weighted by Crippen LogP contribution is 2.19. The SMILES string of the molecule is CC(=O)Nc1ccc(OC(=O)NC2CCCCC2)cc1. The first-order valence-corrected chi connectivity index (χ1v) is 6.99. The number of hydrogen-bond acceptors (Lipinski definition) is 3. The third-order valence-electron chi connectivity index (χ3n) is 3.31. The number of amides is 2. The largest absolute Gasteiger partial charge is 0.412 e. The smallest absolute Gasteiger partial charge is 0.410 e. The number of rotatable bonds is 3. The van der Waals surface area contributed by atoms with Crippen molar-refractivity contribution in [1.82, 2.24) is 5.32 Å². The van der Waals surface area contributed by atoms with Crippen LogP contribution in [-0.2, 0) is 4.79 Å². The molecular weight excluding hydrogens is 256 g/mol. The molecule has 0 unspecified atom stereocenters. The molecule has 1 aromatic rings. The van der Waals surface area contributed by atoms with Gasteiger partial charge in [-0.1, -0.05) is 19.3 Å². The molecule has 5 heteroatoms. The minimum absolute atomic E-state index is 0.131. The maximum Gasteiger partial charge on any atom is 0.412 e. The van der Waals surface area contributed by atoms with Crippen LogP contribution in [0.15, 0.2) is 24.3 Å². The lowest BCUT2D eigenvalue weighted by molar-refractivity contribution is -0.114. The van der Waals surface area contributed by atoms with E-state index in [0.29, 0.717) is 11.4 Å². The van der Waals surface area contributed by atoms with Gasteiger partial charge in [-0.05, 0) is 37.1 Å². The fraction of sp³-hybridized carbons (Fsp3) is 0.467. The van der Waals surface area contributed by atoms with E-state index in [2.05, 4.69) is 10.6 Å². The van der Waals surface area contributed by atoms with Gasteiger partial charge in [0.25, 0.3) is 0 Å². The highest BCUT2D eigenvalue weighted by Gasteiger charge is 2.16. The molecule has 1 fully saturated rings. The van der Waals surface area contributed by atoms with E-state index < -0.39 is 6.09 Å². The Morgan fingerprint density at radius 3 is 2.35 bits per heavy atom. The first-order valence-electron chi connectivity index (χ1n) is 6.99. The topological polar surface area (TPSA) is 67.4 Å². The van der Waals surface area contributed by atoms with Gasteiger partial charge in [0, 0.05) is 18.7 Å². The van der Waals surface area contributed by atoms with Crippen molar-refractivity contribution in [3.05, 3.63) is 24.3 Å². The number of ether oxygens (including phenoxy) is 1. The van der Waals surface area contributed by atoms with E-state index in [1.165, 1.54) is 13.3 Å². The maximum absolute atomic E-state index is 11.7.